The molecular formula is C28H32N4O2. The summed E-state index contributed by atoms with van der Waals surface area (Å²) in [6.07, 6.45) is 1.15. The Balaban J connectivity index is 1.68. The molecule has 4 rings (SSSR count). The number of nitriles is 1. The van der Waals surface area contributed by atoms with E-state index in [1.54, 1.807) is 0 Å². The Labute approximate surface area is 201 Å². The first kappa shape index (κ1) is 23.6. The van der Waals surface area contributed by atoms with Crippen molar-refractivity contribution >= 4 is 5.78 Å². The van der Waals surface area contributed by atoms with E-state index >= 15 is 0 Å². The van der Waals surface area contributed by atoms with Gasteiger partial charge in [-0.15, -0.1) is 0 Å². The molecule has 2 N–H and O–H groups in total. The zero-order valence-corrected chi connectivity index (χ0v) is 20.6. The van der Waals surface area contributed by atoms with E-state index in [0.717, 1.165) is 22.6 Å². The fraction of sp³-hybridized carbons (Fsp3) is 0.357. The quantitative estimate of drug-likeness (QED) is 0.697. The summed E-state index contributed by atoms with van der Waals surface area (Å²) >= 11 is 0. The molecule has 0 saturated carbocycles. The summed E-state index contributed by atoms with van der Waals surface area (Å²) < 4.78 is 5.96. The van der Waals surface area contributed by atoms with Crippen molar-refractivity contribution < 1.29 is 9.53 Å². The molecule has 1 unspecified atom stereocenters. The molecule has 0 aromatic heterocycles. The van der Waals surface area contributed by atoms with Gasteiger partial charge in [0.05, 0.1) is 17.6 Å². The molecule has 1 heterocycles. The highest BCUT2D eigenvalue weighted by molar-refractivity contribution is 6.00. The second kappa shape index (κ2) is 9.00. The van der Waals surface area contributed by atoms with Crippen LogP contribution in [0.3, 0.4) is 0 Å². The number of allylic oxidation sites excluding steroid dienone is 3. The van der Waals surface area contributed by atoms with E-state index in [0.29, 0.717) is 36.4 Å². The van der Waals surface area contributed by atoms with Gasteiger partial charge < -0.3 is 10.5 Å². The number of Topliss-reactive ketones (excluding diaryl/α,β-unsaturated/α-hetero) is 1. The van der Waals surface area contributed by atoms with Crippen molar-refractivity contribution in [1.29, 1.82) is 5.26 Å². The molecule has 0 radical (unpaired) electrons. The minimum Gasteiger partial charge on any atom is -0.489 e. The van der Waals surface area contributed by atoms with Gasteiger partial charge in [0.2, 0.25) is 0 Å². The van der Waals surface area contributed by atoms with Crippen LogP contribution in [0.4, 0.5) is 0 Å². The second-order valence-electron chi connectivity index (χ2n) is 10.1. The van der Waals surface area contributed by atoms with Gasteiger partial charge in [-0.2, -0.15) is 5.26 Å². The Kier molecular flexibility index (Phi) is 6.24. The zero-order valence-electron chi connectivity index (χ0n) is 20.6. The Morgan fingerprint density at radius 1 is 1.12 bits per heavy atom. The molecule has 1 atom stereocenters. The molecule has 2 aromatic rings. The number of hydrogen-bond donors (Lipinski definition) is 1. The van der Waals surface area contributed by atoms with Gasteiger partial charge in [0.15, 0.2) is 5.78 Å². The van der Waals surface area contributed by atoms with Gasteiger partial charge in [-0.3, -0.25) is 9.80 Å². The van der Waals surface area contributed by atoms with E-state index in [1.807, 2.05) is 48.4 Å². The number of nitrogens with zero attached hydrogens (tertiary/aromatic N) is 3. The number of rotatable bonds is 5. The lowest BCUT2D eigenvalue weighted by Crippen LogP contribution is -2.47. The first-order chi connectivity index (χ1) is 16.1. The molecule has 34 heavy (non-hydrogen) atoms. The average molecular weight is 457 g/mol. The van der Waals surface area contributed by atoms with Crippen LogP contribution in [0, 0.1) is 23.7 Å². The summed E-state index contributed by atoms with van der Waals surface area (Å²) in [4.78, 5) is 13.4. The standard InChI is InChI=1S/C28H32N4O2/c1-18-6-8-19(9-7-18)17-34-21-12-10-20(11-13-21)25-22(16-29)27(30)32(31(4)5)23-14-28(2,3)15-24(33)26(23)25/h6-13,25H,14-15,17,30H2,1-5H3. The van der Waals surface area contributed by atoms with Crippen molar-refractivity contribution in [3.63, 3.8) is 0 Å². The Bertz CT molecular complexity index is 1200. The van der Waals surface area contributed by atoms with Crippen LogP contribution in [0.5, 0.6) is 5.75 Å². The number of ether oxygens (including phenoxy) is 1. The van der Waals surface area contributed by atoms with Crippen molar-refractivity contribution in [2.75, 3.05) is 14.1 Å². The molecule has 1 aliphatic carbocycles. The third-order valence-corrected chi connectivity index (χ3v) is 6.49. The summed E-state index contributed by atoms with van der Waals surface area (Å²) in [6, 6.07) is 18.2. The monoisotopic (exact) mass is 456 g/mol. The number of benzene rings is 2. The SMILES string of the molecule is Cc1ccc(COc2ccc(C3C(C#N)=C(N)N(N(C)C)C4=C3C(=O)CC(C)(C)C4)cc2)cc1. The van der Waals surface area contributed by atoms with Gasteiger partial charge in [0.1, 0.15) is 18.2 Å². The number of carbonyl (C=O) groups is 1. The van der Waals surface area contributed by atoms with E-state index in [4.69, 9.17) is 10.5 Å². The molecule has 2 aromatic carbocycles. The molecule has 0 bridgehead atoms. The number of ketones is 1. The molecule has 6 heteroatoms. The predicted octanol–water partition coefficient (Wildman–Crippen LogP) is 4.79. The number of hydrazine groups is 1. The number of carbonyl (C=O) groups excluding carboxylic acids is 1. The van der Waals surface area contributed by atoms with E-state index in [2.05, 4.69) is 51.1 Å². The summed E-state index contributed by atoms with van der Waals surface area (Å²) in [7, 11) is 3.75. The maximum atomic E-state index is 13.4. The van der Waals surface area contributed by atoms with Crippen LogP contribution in [-0.2, 0) is 11.4 Å². The maximum absolute atomic E-state index is 13.4. The van der Waals surface area contributed by atoms with Crippen LogP contribution >= 0.6 is 0 Å². The van der Waals surface area contributed by atoms with Gasteiger partial charge in [0.25, 0.3) is 0 Å². The second-order valence-corrected chi connectivity index (χ2v) is 10.1. The fourth-order valence-electron chi connectivity index (χ4n) is 4.89. The van der Waals surface area contributed by atoms with Crippen LogP contribution in [-0.4, -0.2) is 29.9 Å². The van der Waals surface area contributed by atoms with E-state index < -0.39 is 5.92 Å². The van der Waals surface area contributed by atoms with E-state index in [1.165, 1.54) is 5.56 Å². The van der Waals surface area contributed by atoms with Crippen LogP contribution in [0.15, 0.2) is 71.2 Å². The third kappa shape index (κ3) is 4.44. The van der Waals surface area contributed by atoms with Gasteiger partial charge in [-0.05, 0) is 42.0 Å². The Hall–Kier alpha value is -3.56. The summed E-state index contributed by atoms with van der Waals surface area (Å²) in [5, 5.41) is 13.7. The molecular weight excluding hydrogens is 424 g/mol. The molecule has 176 valence electrons. The first-order valence-electron chi connectivity index (χ1n) is 11.5. The minimum atomic E-state index is -0.481. The normalized spacial score (nSPS) is 19.9. The number of hydrogen-bond acceptors (Lipinski definition) is 6. The summed E-state index contributed by atoms with van der Waals surface area (Å²) in [5.41, 5.74) is 11.5. The molecule has 0 amide bonds. The smallest absolute Gasteiger partial charge is 0.162 e. The van der Waals surface area contributed by atoms with Crippen molar-refractivity contribution in [2.45, 2.75) is 46.1 Å². The van der Waals surface area contributed by atoms with Crippen LogP contribution in [0.2, 0.25) is 0 Å². The van der Waals surface area contributed by atoms with Gasteiger partial charge in [-0.25, -0.2) is 5.01 Å². The Morgan fingerprint density at radius 3 is 2.35 bits per heavy atom. The Morgan fingerprint density at radius 2 is 1.76 bits per heavy atom. The number of aryl methyl sites for hydroxylation is 1. The summed E-state index contributed by atoms with van der Waals surface area (Å²) in [6.45, 7) is 6.72. The lowest BCUT2D eigenvalue weighted by atomic mass is 9.69. The lowest BCUT2D eigenvalue weighted by Gasteiger charge is -2.45. The zero-order chi connectivity index (χ0) is 24.6. The number of nitrogens with two attached hydrogens (primary N) is 1. The molecule has 6 nitrogen and oxygen atoms in total. The van der Waals surface area contributed by atoms with E-state index in [-0.39, 0.29) is 11.2 Å². The van der Waals surface area contributed by atoms with Crippen LogP contribution < -0.4 is 10.5 Å². The minimum absolute atomic E-state index is 0.0723. The summed E-state index contributed by atoms with van der Waals surface area (Å²) in [5.74, 6) is 0.700. The fourth-order valence-corrected chi connectivity index (χ4v) is 4.89. The van der Waals surface area contributed by atoms with E-state index in [9.17, 15) is 10.1 Å². The third-order valence-electron chi connectivity index (χ3n) is 6.49. The highest BCUT2D eigenvalue weighted by Crippen LogP contribution is 2.49. The van der Waals surface area contributed by atoms with Gasteiger partial charge in [0, 0.05) is 31.8 Å². The van der Waals surface area contributed by atoms with Gasteiger partial charge >= 0.3 is 0 Å². The van der Waals surface area contributed by atoms with Crippen molar-refractivity contribution in [3.05, 3.63) is 87.9 Å². The van der Waals surface area contributed by atoms with Gasteiger partial charge in [-0.1, -0.05) is 55.8 Å². The average Bonchev–Trinajstić information content (AvgIpc) is 2.77. The molecule has 0 spiro atoms. The maximum Gasteiger partial charge on any atom is 0.162 e. The highest BCUT2D eigenvalue weighted by atomic mass is 16.5. The molecule has 2 aliphatic rings. The van der Waals surface area contributed by atoms with Crippen LogP contribution in [0.1, 0.15) is 49.3 Å². The highest BCUT2D eigenvalue weighted by Gasteiger charge is 2.44. The topological polar surface area (TPSA) is 82.6 Å². The predicted molar refractivity (Wildman–Crippen MR) is 132 cm³/mol. The van der Waals surface area contributed by atoms with Crippen molar-refractivity contribution in [3.8, 4) is 11.8 Å². The first-order valence-corrected chi connectivity index (χ1v) is 11.5. The molecule has 1 aliphatic heterocycles. The van der Waals surface area contributed by atoms with Crippen molar-refractivity contribution in [2.24, 2.45) is 11.1 Å². The lowest BCUT2D eigenvalue weighted by molar-refractivity contribution is -0.119. The molecule has 0 saturated heterocycles. The molecule has 0 fully saturated rings. The van der Waals surface area contributed by atoms with Crippen LogP contribution in [0.25, 0.3) is 0 Å². The van der Waals surface area contributed by atoms with Crippen molar-refractivity contribution in [1.82, 2.24) is 10.0 Å². The largest absolute Gasteiger partial charge is 0.489 e.